The molecule has 6 nitrogen and oxygen atoms in total. The van der Waals surface area contributed by atoms with E-state index < -0.39 is 17.6 Å². The van der Waals surface area contributed by atoms with Crippen molar-refractivity contribution >= 4 is 17.4 Å². The SMILES string of the molecule is CCCc1ccc(C(=O)Nc2ccc(CN3CCN(C)CC3)c(C(F)(F)F)c2)cc1CCc1ccc(NC)nc1. The molecule has 1 amide bonds. The van der Waals surface area contributed by atoms with Gasteiger partial charge in [0.1, 0.15) is 5.82 Å². The van der Waals surface area contributed by atoms with E-state index in [1.165, 1.54) is 11.6 Å². The second-order valence-corrected chi connectivity index (χ2v) is 10.4. The topological polar surface area (TPSA) is 60.5 Å². The molecule has 0 atom stereocenters. The highest BCUT2D eigenvalue weighted by Crippen LogP contribution is 2.35. The van der Waals surface area contributed by atoms with Crippen molar-refractivity contribution in [2.24, 2.45) is 0 Å². The summed E-state index contributed by atoms with van der Waals surface area (Å²) in [7, 11) is 3.83. The standard InChI is InChI=1S/C31H38F3N5O/c1-4-5-23-9-10-25(18-24(23)8-6-22-7-13-29(35-2)36-20-22)30(40)37-27-12-11-26(28(19-27)31(32,33)34)21-39-16-14-38(3)15-17-39/h7,9-13,18-20H,4-6,8,14-17,21H2,1-3H3,(H,35,36)(H,37,40). The van der Waals surface area contributed by atoms with E-state index in [4.69, 9.17) is 0 Å². The Hall–Kier alpha value is -3.43. The molecule has 9 heteroatoms. The molecule has 2 heterocycles. The van der Waals surface area contributed by atoms with Crippen LogP contribution in [0.3, 0.4) is 0 Å². The summed E-state index contributed by atoms with van der Waals surface area (Å²) in [5, 5.41) is 5.70. The highest BCUT2D eigenvalue weighted by atomic mass is 19.4. The summed E-state index contributed by atoms with van der Waals surface area (Å²) in [6.45, 7) is 5.44. The number of benzene rings is 2. The van der Waals surface area contributed by atoms with Crippen LogP contribution in [0.25, 0.3) is 0 Å². The van der Waals surface area contributed by atoms with Crippen LogP contribution in [-0.2, 0) is 32.0 Å². The number of aromatic nitrogens is 1. The Morgan fingerprint density at radius 2 is 1.68 bits per heavy atom. The molecule has 0 bridgehead atoms. The van der Waals surface area contributed by atoms with Crippen molar-refractivity contribution in [1.29, 1.82) is 0 Å². The number of likely N-dealkylation sites (N-methyl/N-ethyl adjacent to an activating group) is 1. The lowest BCUT2D eigenvalue weighted by Gasteiger charge is -2.33. The Balaban J connectivity index is 1.49. The van der Waals surface area contributed by atoms with E-state index in [1.807, 2.05) is 49.5 Å². The van der Waals surface area contributed by atoms with E-state index in [2.05, 4.69) is 27.4 Å². The maximum atomic E-state index is 14.0. The number of anilines is 2. The van der Waals surface area contributed by atoms with Crippen molar-refractivity contribution in [2.75, 3.05) is 50.9 Å². The number of carbonyl (C=O) groups excluding carboxylic acids is 1. The summed E-state index contributed by atoms with van der Waals surface area (Å²) in [5.74, 6) is 0.374. The molecular weight excluding hydrogens is 515 g/mol. The number of carbonyl (C=O) groups is 1. The number of nitrogens with one attached hydrogen (secondary N) is 2. The molecule has 3 aromatic rings. The second kappa shape index (κ2) is 13.3. The second-order valence-electron chi connectivity index (χ2n) is 10.4. The lowest BCUT2D eigenvalue weighted by molar-refractivity contribution is -0.138. The summed E-state index contributed by atoms with van der Waals surface area (Å²) >= 11 is 0. The zero-order valence-corrected chi connectivity index (χ0v) is 23.4. The third-order valence-electron chi connectivity index (χ3n) is 7.41. The maximum Gasteiger partial charge on any atom is 0.416 e. The number of rotatable bonds is 10. The molecule has 0 unspecified atom stereocenters. The molecule has 40 heavy (non-hydrogen) atoms. The van der Waals surface area contributed by atoms with E-state index in [1.54, 1.807) is 12.1 Å². The van der Waals surface area contributed by atoms with Gasteiger partial charge in [0.25, 0.3) is 5.91 Å². The van der Waals surface area contributed by atoms with E-state index >= 15 is 0 Å². The van der Waals surface area contributed by atoms with E-state index in [9.17, 15) is 18.0 Å². The first-order chi connectivity index (χ1) is 19.2. The monoisotopic (exact) mass is 553 g/mol. The van der Waals surface area contributed by atoms with Crippen LogP contribution in [0.5, 0.6) is 0 Å². The molecule has 0 spiro atoms. The van der Waals surface area contributed by atoms with Gasteiger partial charge in [-0.3, -0.25) is 9.69 Å². The lowest BCUT2D eigenvalue weighted by Crippen LogP contribution is -2.44. The number of alkyl halides is 3. The molecule has 4 rings (SSSR count). The number of amides is 1. The van der Waals surface area contributed by atoms with Crippen molar-refractivity contribution in [3.8, 4) is 0 Å². The smallest absolute Gasteiger partial charge is 0.373 e. The first-order valence-corrected chi connectivity index (χ1v) is 13.8. The summed E-state index contributed by atoms with van der Waals surface area (Å²) in [5.41, 5.74) is 3.40. The van der Waals surface area contributed by atoms with Crippen LogP contribution < -0.4 is 10.6 Å². The van der Waals surface area contributed by atoms with Gasteiger partial charge in [-0.1, -0.05) is 31.5 Å². The van der Waals surface area contributed by atoms with Crippen LogP contribution in [-0.4, -0.2) is 61.0 Å². The number of hydrogen-bond donors (Lipinski definition) is 2. The predicted octanol–water partition coefficient (Wildman–Crippen LogP) is 5.88. The Morgan fingerprint density at radius 3 is 2.33 bits per heavy atom. The Bertz CT molecular complexity index is 1290. The molecule has 1 saturated heterocycles. The Kier molecular flexibility index (Phi) is 9.81. The largest absolute Gasteiger partial charge is 0.416 e. The van der Waals surface area contributed by atoms with Gasteiger partial charge in [-0.05, 0) is 78.9 Å². The van der Waals surface area contributed by atoms with E-state index in [-0.39, 0.29) is 17.8 Å². The van der Waals surface area contributed by atoms with Gasteiger partial charge in [0.2, 0.25) is 0 Å². The fraction of sp³-hybridized carbons (Fsp3) is 0.419. The highest BCUT2D eigenvalue weighted by Gasteiger charge is 2.34. The van der Waals surface area contributed by atoms with Crippen LogP contribution in [0, 0.1) is 0 Å². The molecule has 2 aromatic carbocycles. The van der Waals surface area contributed by atoms with Crippen molar-refractivity contribution in [3.05, 3.63) is 88.1 Å². The quantitative estimate of drug-likeness (QED) is 0.329. The van der Waals surface area contributed by atoms with Gasteiger partial charge in [0.15, 0.2) is 0 Å². The fourth-order valence-corrected chi connectivity index (χ4v) is 5.02. The molecule has 1 aromatic heterocycles. The van der Waals surface area contributed by atoms with Crippen LogP contribution in [0.4, 0.5) is 24.7 Å². The van der Waals surface area contributed by atoms with Gasteiger partial charge in [-0.15, -0.1) is 0 Å². The van der Waals surface area contributed by atoms with Crippen molar-refractivity contribution in [1.82, 2.24) is 14.8 Å². The van der Waals surface area contributed by atoms with Gasteiger partial charge < -0.3 is 15.5 Å². The predicted molar refractivity (Wildman–Crippen MR) is 154 cm³/mol. The minimum Gasteiger partial charge on any atom is -0.373 e. The first kappa shape index (κ1) is 29.6. The molecular formula is C31H38F3N5O. The van der Waals surface area contributed by atoms with Crippen LogP contribution >= 0.6 is 0 Å². The van der Waals surface area contributed by atoms with Crippen molar-refractivity contribution < 1.29 is 18.0 Å². The zero-order chi connectivity index (χ0) is 28.7. The minimum absolute atomic E-state index is 0.134. The molecule has 1 fully saturated rings. The molecule has 0 saturated carbocycles. The lowest BCUT2D eigenvalue weighted by atomic mass is 9.95. The Morgan fingerprint density at radius 1 is 0.925 bits per heavy atom. The number of halogens is 3. The van der Waals surface area contributed by atoms with Gasteiger partial charge in [0.05, 0.1) is 5.56 Å². The van der Waals surface area contributed by atoms with Crippen molar-refractivity contribution in [3.63, 3.8) is 0 Å². The van der Waals surface area contributed by atoms with Crippen molar-refractivity contribution in [2.45, 2.75) is 45.3 Å². The third kappa shape index (κ3) is 7.82. The highest BCUT2D eigenvalue weighted by molar-refractivity contribution is 6.04. The summed E-state index contributed by atoms with van der Waals surface area (Å²) in [6.07, 6.45) is 0.680. The molecule has 1 aliphatic rings. The zero-order valence-electron chi connectivity index (χ0n) is 23.4. The number of aryl methyl sites for hydroxylation is 3. The fourth-order valence-electron chi connectivity index (χ4n) is 5.02. The molecule has 0 aliphatic carbocycles. The molecule has 2 N–H and O–H groups in total. The van der Waals surface area contributed by atoms with E-state index in [0.29, 0.717) is 5.56 Å². The van der Waals surface area contributed by atoms with Gasteiger partial charge in [-0.2, -0.15) is 13.2 Å². The number of piperazine rings is 1. The third-order valence-corrected chi connectivity index (χ3v) is 7.41. The summed E-state index contributed by atoms with van der Waals surface area (Å²) in [4.78, 5) is 21.7. The van der Waals surface area contributed by atoms with Gasteiger partial charge in [0, 0.05) is 57.2 Å². The summed E-state index contributed by atoms with van der Waals surface area (Å²) < 4.78 is 42.0. The van der Waals surface area contributed by atoms with Gasteiger partial charge in [-0.25, -0.2) is 4.98 Å². The van der Waals surface area contributed by atoms with Crippen LogP contribution in [0.2, 0.25) is 0 Å². The van der Waals surface area contributed by atoms with Gasteiger partial charge >= 0.3 is 6.18 Å². The Labute approximate surface area is 234 Å². The average molecular weight is 554 g/mol. The molecule has 214 valence electrons. The minimum atomic E-state index is -4.52. The van der Waals surface area contributed by atoms with Crippen LogP contribution in [0.15, 0.2) is 54.7 Å². The number of hydrogen-bond acceptors (Lipinski definition) is 5. The molecule has 0 radical (unpaired) electrons. The van der Waals surface area contributed by atoms with E-state index in [0.717, 1.165) is 74.9 Å². The normalized spacial score (nSPS) is 14.8. The average Bonchev–Trinajstić information content (AvgIpc) is 2.94. The number of pyridine rings is 1. The maximum absolute atomic E-state index is 14.0. The number of nitrogens with zero attached hydrogens (tertiary/aromatic N) is 3. The summed E-state index contributed by atoms with van der Waals surface area (Å²) in [6, 6.07) is 13.6. The molecule has 1 aliphatic heterocycles. The van der Waals surface area contributed by atoms with Crippen LogP contribution in [0.1, 0.15) is 51.5 Å². The first-order valence-electron chi connectivity index (χ1n) is 13.8.